The zero-order valence-electron chi connectivity index (χ0n) is 10.6. The van der Waals surface area contributed by atoms with E-state index >= 15 is 0 Å². The molecule has 0 bridgehead atoms. The first kappa shape index (κ1) is 12.4. The first-order valence-corrected chi connectivity index (χ1v) is 7.38. The molecule has 0 aromatic carbocycles. The highest BCUT2D eigenvalue weighted by Crippen LogP contribution is 2.35. The van der Waals surface area contributed by atoms with Gasteiger partial charge in [-0.15, -0.1) is 0 Å². The van der Waals surface area contributed by atoms with Gasteiger partial charge in [0.2, 0.25) is 0 Å². The van der Waals surface area contributed by atoms with Crippen LogP contribution in [-0.4, -0.2) is 6.04 Å². The molecule has 94 valence electrons. The van der Waals surface area contributed by atoms with Crippen LogP contribution >= 0.6 is 0 Å². The second-order valence-corrected chi connectivity index (χ2v) is 5.84. The van der Waals surface area contributed by atoms with Crippen molar-refractivity contribution in [2.75, 3.05) is 0 Å². The van der Waals surface area contributed by atoms with Gasteiger partial charge < -0.3 is 0 Å². The second kappa shape index (κ2) is 6.61. The van der Waals surface area contributed by atoms with Crippen LogP contribution in [-0.2, 0) is 0 Å². The molecule has 2 aliphatic carbocycles. The Kier molecular flexibility index (Phi) is 5.11. The van der Waals surface area contributed by atoms with E-state index in [1.165, 1.54) is 70.6 Å². The average molecular weight is 224 g/mol. The van der Waals surface area contributed by atoms with Crippen LogP contribution in [0.2, 0.25) is 0 Å². The smallest absolute Gasteiger partial charge is 0.0266 e. The fourth-order valence-electron chi connectivity index (χ4n) is 3.82. The Labute approximate surface area is 100 Å². The van der Waals surface area contributed by atoms with Gasteiger partial charge in [0.25, 0.3) is 0 Å². The summed E-state index contributed by atoms with van der Waals surface area (Å²) in [5, 5.41) is 0. The normalized spacial score (nSPS) is 27.6. The van der Waals surface area contributed by atoms with Gasteiger partial charge in [0.1, 0.15) is 0 Å². The third-order valence-corrected chi connectivity index (χ3v) is 4.76. The van der Waals surface area contributed by atoms with Crippen LogP contribution in [0.1, 0.15) is 70.6 Å². The fourth-order valence-corrected chi connectivity index (χ4v) is 3.82. The zero-order chi connectivity index (χ0) is 11.2. The Hall–Kier alpha value is -0.0800. The van der Waals surface area contributed by atoms with E-state index in [2.05, 4.69) is 5.43 Å². The van der Waals surface area contributed by atoms with E-state index in [1.54, 1.807) is 0 Å². The number of hydrogen-bond acceptors (Lipinski definition) is 2. The second-order valence-electron chi connectivity index (χ2n) is 5.84. The molecule has 2 nitrogen and oxygen atoms in total. The van der Waals surface area contributed by atoms with Gasteiger partial charge in [-0.1, -0.05) is 44.9 Å². The summed E-state index contributed by atoms with van der Waals surface area (Å²) in [5.74, 6) is 7.55. The molecule has 16 heavy (non-hydrogen) atoms. The highest BCUT2D eigenvalue weighted by atomic mass is 15.2. The molecule has 2 fully saturated rings. The monoisotopic (exact) mass is 224 g/mol. The first-order valence-electron chi connectivity index (χ1n) is 7.38. The van der Waals surface area contributed by atoms with Gasteiger partial charge in [-0.3, -0.25) is 11.3 Å². The summed E-state index contributed by atoms with van der Waals surface area (Å²) in [5.41, 5.74) is 3.16. The maximum atomic E-state index is 5.82. The summed E-state index contributed by atoms with van der Waals surface area (Å²) in [4.78, 5) is 0. The summed E-state index contributed by atoms with van der Waals surface area (Å²) in [6, 6.07) is 0.612. The molecule has 2 aliphatic rings. The Balaban J connectivity index is 1.89. The molecule has 0 saturated heterocycles. The minimum absolute atomic E-state index is 0.612. The van der Waals surface area contributed by atoms with Crippen LogP contribution in [0.3, 0.4) is 0 Å². The lowest BCUT2D eigenvalue weighted by Crippen LogP contribution is -2.45. The van der Waals surface area contributed by atoms with Crippen LogP contribution in [0.4, 0.5) is 0 Å². The Bertz CT molecular complexity index is 179. The molecule has 3 N–H and O–H groups in total. The molecule has 1 unspecified atom stereocenters. The third kappa shape index (κ3) is 3.21. The fraction of sp³-hybridized carbons (Fsp3) is 1.00. The number of nitrogens with two attached hydrogens (primary N) is 1. The minimum Gasteiger partial charge on any atom is -0.271 e. The van der Waals surface area contributed by atoms with Gasteiger partial charge in [0, 0.05) is 6.04 Å². The van der Waals surface area contributed by atoms with E-state index in [-0.39, 0.29) is 0 Å². The quantitative estimate of drug-likeness (QED) is 0.570. The van der Waals surface area contributed by atoms with E-state index in [0.29, 0.717) is 6.04 Å². The maximum absolute atomic E-state index is 5.82. The summed E-state index contributed by atoms with van der Waals surface area (Å²) in [6.07, 6.45) is 15.7. The van der Waals surface area contributed by atoms with Crippen molar-refractivity contribution in [1.29, 1.82) is 0 Å². The van der Waals surface area contributed by atoms with Crippen molar-refractivity contribution >= 4 is 0 Å². The minimum atomic E-state index is 0.612. The number of nitrogens with one attached hydrogen (secondary N) is 1. The topological polar surface area (TPSA) is 38.0 Å². The van der Waals surface area contributed by atoms with Gasteiger partial charge in [-0.2, -0.15) is 0 Å². The van der Waals surface area contributed by atoms with Crippen molar-refractivity contribution in [3.8, 4) is 0 Å². The summed E-state index contributed by atoms with van der Waals surface area (Å²) < 4.78 is 0. The van der Waals surface area contributed by atoms with E-state index < -0.39 is 0 Å². The van der Waals surface area contributed by atoms with Crippen molar-refractivity contribution < 1.29 is 0 Å². The Morgan fingerprint density at radius 2 is 1.06 bits per heavy atom. The lowest BCUT2D eigenvalue weighted by molar-refractivity contribution is 0.220. The number of rotatable bonds is 3. The van der Waals surface area contributed by atoms with E-state index in [9.17, 15) is 0 Å². The van der Waals surface area contributed by atoms with Gasteiger partial charge in [-0.05, 0) is 37.5 Å². The van der Waals surface area contributed by atoms with Crippen LogP contribution in [0.15, 0.2) is 0 Å². The van der Waals surface area contributed by atoms with Crippen LogP contribution in [0.5, 0.6) is 0 Å². The van der Waals surface area contributed by atoms with Crippen LogP contribution in [0, 0.1) is 11.8 Å². The Morgan fingerprint density at radius 3 is 1.50 bits per heavy atom. The molecule has 0 amide bonds. The van der Waals surface area contributed by atoms with Crippen molar-refractivity contribution in [2.45, 2.75) is 76.7 Å². The predicted molar refractivity (Wildman–Crippen MR) is 68.9 cm³/mol. The first-order chi connectivity index (χ1) is 7.92. The lowest BCUT2D eigenvalue weighted by atomic mass is 9.80. The van der Waals surface area contributed by atoms with E-state index in [0.717, 1.165) is 11.8 Å². The predicted octanol–water partition coefficient (Wildman–Crippen LogP) is 3.37. The highest BCUT2D eigenvalue weighted by Gasteiger charge is 2.30. The molecule has 0 heterocycles. The summed E-state index contributed by atoms with van der Waals surface area (Å²) in [7, 11) is 0. The lowest BCUT2D eigenvalue weighted by Gasteiger charge is -2.32. The summed E-state index contributed by atoms with van der Waals surface area (Å²) in [6.45, 7) is 0. The highest BCUT2D eigenvalue weighted by molar-refractivity contribution is 4.85. The molecule has 2 rings (SSSR count). The van der Waals surface area contributed by atoms with Gasteiger partial charge >= 0.3 is 0 Å². The average Bonchev–Trinajstić information content (AvgIpc) is 2.75. The largest absolute Gasteiger partial charge is 0.271 e. The molecule has 2 saturated carbocycles. The molecule has 2 heteroatoms. The molecule has 0 aliphatic heterocycles. The van der Waals surface area contributed by atoms with Gasteiger partial charge in [0.15, 0.2) is 0 Å². The molecule has 0 aromatic heterocycles. The SMILES string of the molecule is NNC(C1CCCCCCC1)C1CCCC1. The molecular weight excluding hydrogens is 196 g/mol. The third-order valence-electron chi connectivity index (χ3n) is 4.76. The molecule has 0 radical (unpaired) electrons. The molecule has 0 spiro atoms. The van der Waals surface area contributed by atoms with Crippen LogP contribution in [0.25, 0.3) is 0 Å². The standard InChI is InChI=1S/C14H28N2/c15-16-14(13-10-6-7-11-13)12-8-4-2-1-3-5-9-12/h12-14,16H,1-11,15H2. The van der Waals surface area contributed by atoms with Gasteiger partial charge in [0.05, 0.1) is 0 Å². The molecular formula is C14H28N2. The van der Waals surface area contributed by atoms with Crippen LogP contribution < -0.4 is 11.3 Å². The van der Waals surface area contributed by atoms with Gasteiger partial charge in [-0.25, -0.2) is 0 Å². The summed E-state index contributed by atoms with van der Waals surface area (Å²) >= 11 is 0. The van der Waals surface area contributed by atoms with Crippen molar-refractivity contribution in [3.63, 3.8) is 0 Å². The van der Waals surface area contributed by atoms with Crippen molar-refractivity contribution in [2.24, 2.45) is 17.7 Å². The van der Waals surface area contributed by atoms with E-state index in [1.807, 2.05) is 0 Å². The number of hydrazine groups is 1. The van der Waals surface area contributed by atoms with E-state index in [4.69, 9.17) is 5.84 Å². The molecule has 1 atom stereocenters. The number of hydrogen-bond donors (Lipinski definition) is 2. The Morgan fingerprint density at radius 1 is 0.688 bits per heavy atom. The molecule has 0 aromatic rings. The zero-order valence-corrected chi connectivity index (χ0v) is 10.6. The maximum Gasteiger partial charge on any atom is 0.0266 e. The van der Waals surface area contributed by atoms with Crippen molar-refractivity contribution in [3.05, 3.63) is 0 Å². The van der Waals surface area contributed by atoms with Crippen molar-refractivity contribution in [1.82, 2.24) is 5.43 Å².